The molecule has 1 aromatic heterocycles. The van der Waals surface area contributed by atoms with Crippen molar-refractivity contribution >= 4 is 17.6 Å². The normalized spacial score (nSPS) is 19.8. The summed E-state index contributed by atoms with van der Waals surface area (Å²) in [5.41, 5.74) is 2.71. The third-order valence-corrected chi connectivity index (χ3v) is 5.34. The van der Waals surface area contributed by atoms with Gasteiger partial charge in [-0.3, -0.25) is 14.8 Å². The van der Waals surface area contributed by atoms with Crippen molar-refractivity contribution in [1.82, 2.24) is 25.2 Å². The highest BCUT2D eigenvalue weighted by Gasteiger charge is 2.39. The maximum absolute atomic E-state index is 13.4. The fraction of sp³-hybridized carbons (Fsp3) is 0.381. The van der Waals surface area contributed by atoms with Crippen LogP contribution in [-0.2, 0) is 4.79 Å². The number of nitrogens with zero attached hydrogens (tertiary/aromatic N) is 5. The molecular formula is C21H23FN6O2. The molecule has 1 fully saturated rings. The summed E-state index contributed by atoms with van der Waals surface area (Å²) in [6, 6.07) is 4.83. The SMILES string of the molecule is Cc1cnc([C@@H](C)NC(=O)N2C[C@H](N3CCCC3=O)C(c3ccc(F)cc3)=N2)cn1. The zero-order chi connectivity index (χ0) is 21.3. The van der Waals surface area contributed by atoms with E-state index in [1.54, 1.807) is 29.4 Å². The largest absolute Gasteiger partial charge is 0.338 e. The van der Waals surface area contributed by atoms with Crippen molar-refractivity contribution in [1.29, 1.82) is 0 Å². The lowest BCUT2D eigenvalue weighted by molar-refractivity contribution is -0.128. The maximum atomic E-state index is 13.4. The van der Waals surface area contributed by atoms with Gasteiger partial charge in [-0.05, 0) is 32.4 Å². The zero-order valence-electron chi connectivity index (χ0n) is 16.9. The Morgan fingerprint density at radius 1 is 1.23 bits per heavy atom. The van der Waals surface area contributed by atoms with Crippen LogP contribution in [0.3, 0.4) is 0 Å². The van der Waals surface area contributed by atoms with Gasteiger partial charge in [0.15, 0.2) is 0 Å². The lowest BCUT2D eigenvalue weighted by atomic mass is 10.0. The minimum absolute atomic E-state index is 0.0420. The minimum atomic E-state index is -0.390. The first-order valence-electron chi connectivity index (χ1n) is 9.93. The van der Waals surface area contributed by atoms with Gasteiger partial charge in [-0.1, -0.05) is 12.1 Å². The number of benzene rings is 1. The number of halogens is 1. The Labute approximate surface area is 173 Å². The van der Waals surface area contributed by atoms with Crippen LogP contribution < -0.4 is 5.32 Å². The second-order valence-corrected chi connectivity index (χ2v) is 7.53. The molecule has 0 radical (unpaired) electrons. The second-order valence-electron chi connectivity index (χ2n) is 7.53. The number of carbonyl (C=O) groups is 2. The van der Waals surface area contributed by atoms with Crippen molar-refractivity contribution in [3.8, 4) is 0 Å². The first-order chi connectivity index (χ1) is 14.4. The molecule has 2 aromatic rings. The number of amides is 3. The van der Waals surface area contributed by atoms with Crippen molar-refractivity contribution in [2.75, 3.05) is 13.1 Å². The fourth-order valence-electron chi connectivity index (χ4n) is 3.69. The standard InChI is InChI=1S/C21H23FN6O2/c1-13-10-24-17(11-23-13)14(2)25-21(30)28-12-18(27-9-3-4-19(27)29)20(26-28)15-5-7-16(22)8-6-15/h5-8,10-11,14,18H,3-4,9,12H2,1-2H3,(H,25,30)/t14-,18+/m1/s1. The van der Waals surface area contributed by atoms with Crippen LogP contribution in [0.4, 0.5) is 9.18 Å². The number of urea groups is 1. The van der Waals surface area contributed by atoms with Crippen LogP contribution in [0.2, 0.25) is 0 Å². The number of aromatic nitrogens is 2. The zero-order valence-corrected chi connectivity index (χ0v) is 16.9. The molecule has 8 nitrogen and oxygen atoms in total. The van der Waals surface area contributed by atoms with E-state index in [1.807, 2.05) is 13.8 Å². The summed E-state index contributed by atoms with van der Waals surface area (Å²) in [6.07, 6.45) is 4.54. The molecule has 3 amide bonds. The summed E-state index contributed by atoms with van der Waals surface area (Å²) in [6.45, 7) is 4.53. The Morgan fingerprint density at radius 2 is 2.00 bits per heavy atom. The summed E-state index contributed by atoms with van der Waals surface area (Å²) in [4.78, 5) is 35.5. The topological polar surface area (TPSA) is 90.8 Å². The average Bonchev–Trinajstić information content (AvgIpc) is 3.35. The molecule has 3 heterocycles. The van der Waals surface area contributed by atoms with Gasteiger partial charge in [0.1, 0.15) is 5.82 Å². The third-order valence-electron chi connectivity index (χ3n) is 5.34. The first kappa shape index (κ1) is 19.9. The van der Waals surface area contributed by atoms with Crippen LogP contribution in [0.5, 0.6) is 0 Å². The van der Waals surface area contributed by atoms with Gasteiger partial charge in [0, 0.05) is 24.7 Å². The van der Waals surface area contributed by atoms with Crippen molar-refractivity contribution in [3.63, 3.8) is 0 Å². The van der Waals surface area contributed by atoms with Crippen LogP contribution in [-0.4, -0.2) is 56.7 Å². The number of aryl methyl sites for hydroxylation is 1. The molecule has 0 saturated carbocycles. The second kappa shape index (κ2) is 8.17. The van der Waals surface area contributed by atoms with Gasteiger partial charge < -0.3 is 10.2 Å². The highest BCUT2D eigenvalue weighted by molar-refractivity contribution is 6.08. The molecule has 2 aliphatic rings. The highest BCUT2D eigenvalue weighted by atomic mass is 19.1. The summed E-state index contributed by atoms with van der Waals surface area (Å²) < 4.78 is 13.4. The Bertz CT molecular complexity index is 976. The molecule has 4 rings (SSSR count). The molecule has 1 aromatic carbocycles. The maximum Gasteiger partial charge on any atom is 0.338 e. The number of hydrogen-bond donors (Lipinski definition) is 1. The highest BCUT2D eigenvalue weighted by Crippen LogP contribution is 2.24. The summed E-state index contributed by atoms with van der Waals surface area (Å²) >= 11 is 0. The van der Waals surface area contributed by atoms with E-state index in [9.17, 15) is 14.0 Å². The summed E-state index contributed by atoms with van der Waals surface area (Å²) in [5, 5.41) is 8.70. The number of carbonyl (C=O) groups excluding carboxylic acids is 2. The van der Waals surface area contributed by atoms with Gasteiger partial charge in [-0.25, -0.2) is 14.2 Å². The monoisotopic (exact) mass is 410 g/mol. The van der Waals surface area contributed by atoms with Crippen LogP contribution in [0.15, 0.2) is 41.8 Å². The van der Waals surface area contributed by atoms with Crippen molar-refractivity contribution < 1.29 is 14.0 Å². The van der Waals surface area contributed by atoms with E-state index in [1.165, 1.54) is 17.1 Å². The van der Waals surface area contributed by atoms with Crippen molar-refractivity contribution in [3.05, 3.63) is 59.4 Å². The van der Waals surface area contributed by atoms with Crippen molar-refractivity contribution in [2.45, 2.75) is 38.8 Å². The van der Waals surface area contributed by atoms with Crippen molar-refractivity contribution in [2.24, 2.45) is 5.10 Å². The average molecular weight is 410 g/mol. The fourth-order valence-corrected chi connectivity index (χ4v) is 3.69. The predicted octanol–water partition coefficient (Wildman–Crippen LogP) is 2.41. The number of likely N-dealkylation sites (tertiary alicyclic amines) is 1. The summed E-state index contributed by atoms with van der Waals surface area (Å²) in [7, 11) is 0. The Kier molecular flexibility index (Phi) is 5.43. The lowest BCUT2D eigenvalue weighted by Gasteiger charge is -2.25. The molecule has 2 aliphatic heterocycles. The molecule has 30 heavy (non-hydrogen) atoms. The number of hydrazone groups is 1. The van der Waals surface area contributed by atoms with E-state index < -0.39 is 6.03 Å². The molecule has 9 heteroatoms. The van der Waals surface area contributed by atoms with E-state index in [0.717, 1.165) is 12.1 Å². The third kappa shape index (κ3) is 4.00. The van der Waals surface area contributed by atoms with Crippen LogP contribution in [0, 0.1) is 12.7 Å². The molecule has 0 aliphatic carbocycles. The van der Waals surface area contributed by atoms with Gasteiger partial charge >= 0.3 is 6.03 Å². The van der Waals surface area contributed by atoms with Gasteiger partial charge in [0.2, 0.25) is 5.91 Å². The summed E-state index contributed by atoms with van der Waals surface area (Å²) in [5.74, 6) is -0.311. The quantitative estimate of drug-likeness (QED) is 0.838. The molecule has 2 atom stereocenters. The van der Waals surface area contributed by atoms with E-state index >= 15 is 0 Å². The van der Waals surface area contributed by atoms with Gasteiger partial charge in [0.05, 0.1) is 41.9 Å². The van der Waals surface area contributed by atoms with E-state index in [0.29, 0.717) is 29.9 Å². The molecule has 0 spiro atoms. The molecule has 0 unspecified atom stereocenters. The van der Waals surface area contributed by atoms with E-state index in [2.05, 4.69) is 20.4 Å². The Hall–Kier alpha value is -3.36. The Balaban J connectivity index is 1.55. The van der Waals surface area contributed by atoms with Gasteiger partial charge in [-0.15, -0.1) is 0 Å². The lowest BCUT2D eigenvalue weighted by Crippen LogP contribution is -2.46. The Morgan fingerprint density at radius 3 is 2.63 bits per heavy atom. The van der Waals surface area contributed by atoms with Gasteiger partial charge in [0.25, 0.3) is 0 Å². The number of nitrogens with one attached hydrogen (secondary N) is 1. The van der Waals surface area contributed by atoms with Gasteiger partial charge in [-0.2, -0.15) is 5.10 Å². The predicted molar refractivity (Wildman–Crippen MR) is 108 cm³/mol. The minimum Gasteiger partial charge on any atom is -0.332 e. The van der Waals surface area contributed by atoms with Crippen LogP contribution in [0.25, 0.3) is 0 Å². The molecule has 1 saturated heterocycles. The number of rotatable bonds is 4. The molecule has 1 N–H and O–H groups in total. The van der Waals surface area contributed by atoms with E-state index in [4.69, 9.17) is 0 Å². The number of hydrogen-bond acceptors (Lipinski definition) is 5. The molecule has 0 bridgehead atoms. The molecular weight excluding hydrogens is 387 g/mol. The van der Waals surface area contributed by atoms with Crippen LogP contribution in [0.1, 0.15) is 42.8 Å². The van der Waals surface area contributed by atoms with E-state index in [-0.39, 0.29) is 30.4 Å². The smallest absolute Gasteiger partial charge is 0.332 e. The van der Waals surface area contributed by atoms with Crippen LogP contribution >= 0.6 is 0 Å². The first-order valence-corrected chi connectivity index (χ1v) is 9.93. The molecule has 156 valence electrons.